The molecule has 1 saturated heterocycles. The van der Waals surface area contributed by atoms with E-state index in [4.69, 9.17) is 13.7 Å². The Bertz CT molecular complexity index is 371. The van der Waals surface area contributed by atoms with Crippen molar-refractivity contribution in [2.75, 3.05) is 19.5 Å². The molecule has 2 unspecified atom stereocenters. The van der Waals surface area contributed by atoms with Crippen molar-refractivity contribution in [1.29, 1.82) is 0 Å². The lowest BCUT2D eigenvalue weighted by Gasteiger charge is -2.23. The molecule has 5 nitrogen and oxygen atoms in total. The number of ether oxygens (including phenoxy) is 2. The average Bonchev–Trinajstić information content (AvgIpc) is 2.90. The van der Waals surface area contributed by atoms with Gasteiger partial charge in [-0.2, -0.15) is 8.42 Å². The third-order valence-corrected chi connectivity index (χ3v) is 3.77. The monoisotopic (exact) mass is 264 g/mol. The van der Waals surface area contributed by atoms with Gasteiger partial charge in [0.15, 0.2) is 5.79 Å². The van der Waals surface area contributed by atoms with Crippen molar-refractivity contribution in [3.05, 3.63) is 0 Å². The van der Waals surface area contributed by atoms with Crippen LogP contribution in [0.5, 0.6) is 0 Å². The number of hydrogen-bond acceptors (Lipinski definition) is 5. The topological polar surface area (TPSA) is 61.8 Å². The third-order valence-electron chi connectivity index (χ3n) is 3.21. The third kappa shape index (κ3) is 3.91. The Labute approximate surface area is 103 Å². The highest BCUT2D eigenvalue weighted by Crippen LogP contribution is 2.42. The number of rotatable bonds is 5. The summed E-state index contributed by atoms with van der Waals surface area (Å²) >= 11 is 0. The van der Waals surface area contributed by atoms with Crippen molar-refractivity contribution in [2.24, 2.45) is 11.8 Å². The normalized spacial score (nSPS) is 30.4. The summed E-state index contributed by atoms with van der Waals surface area (Å²) in [7, 11) is -3.38. The zero-order chi connectivity index (χ0) is 12.7. The first-order chi connectivity index (χ1) is 7.77. The molecule has 0 spiro atoms. The second kappa shape index (κ2) is 4.50. The first kappa shape index (κ1) is 13.3. The lowest BCUT2D eigenvalue weighted by molar-refractivity contribution is -0.146. The summed E-state index contributed by atoms with van der Waals surface area (Å²) in [6, 6.07) is 0. The standard InChI is InChI=1S/C11H20O5S/c1-11(2)14-7-10(16-11)9(8-4-5-8)6-15-17(3,12)13/h8-10H,4-7H2,1-3H3. The average molecular weight is 264 g/mol. The minimum atomic E-state index is -3.38. The second-order valence-corrected chi connectivity index (χ2v) is 7.00. The van der Waals surface area contributed by atoms with Gasteiger partial charge in [0.2, 0.25) is 0 Å². The van der Waals surface area contributed by atoms with Crippen LogP contribution in [-0.4, -0.2) is 39.8 Å². The minimum Gasteiger partial charge on any atom is -0.348 e. The Hall–Kier alpha value is -0.170. The largest absolute Gasteiger partial charge is 0.348 e. The van der Waals surface area contributed by atoms with Crippen molar-refractivity contribution < 1.29 is 22.1 Å². The Kier molecular flexibility index (Phi) is 3.51. The van der Waals surface area contributed by atoms with E-state index in [1.807, 2.05) is 13.8 Å². The summed E-state index contributed by atoms with van der Waals surface area (Å²) in [6.45, 7) is 4.46. The van der Waals surface area contributed by atoms with E-state index in [0.29, 0.717) is 12.5 Å². The fourth-order valence-corrected chi connectivity index (χ4v) is 2.60. The molecule has 2 fully saturated rings. The van der Waals surface area contributed by atoms with Gasteiger partial charge in [0, 0.05) is 5.92 Å². The molecule has 17 heavy (non-hydrogen) atoms. The maximum Gasteiger partial charge on any atom is 0.264 e. The maximum atomic E-state index is 11.0. The molecule has 2 atom stereocenters. The molecular weight excluding hydrogens is 244 g/mol. The molecular formula is C11H20O5S. The second-order valence-electron chi connectivity index (χ2n) is 5.36. The van der Waals surface area contributed by atoms with Crippen LogP contribution >= 0.6 is 0 Å². The van der Waals surface area contributed by atoms with Crippen molar-refractivity contribution >= 4 is 10.1 Å². The van der Waals surface area contributed by atoms with E-state index < -0.39 is 15.9 Å². The van der Waals surface area contributed by atoms with Gasteiger partial charge in [-0.25, -0.2) is 0 Å². The Balaban J connectivity index is 1.94. The molecule has 1 aliphatic carbocycles. The van der Waals surface area contributed by atoms with Gasteiger partial charge in [0.05, 0.1) is 25.6 Å². The Morgan fingerprint density at radius 2 is 2.06 bits per heavy atom. The fraction of sp³-hybridized carbons (Fsp3) is 1.00. The first-order valence-corrected chi connectivity index (χ1v) is 7.75. The molecule has 0 aromatic heterocycles. The van der Waals surface area contributed by atoms with Gasteiger partial charge < -0.3 is 9.47 Å². The van der Waals surface area contributed by atoms with E-state index >= 15 is 0 Å². The van der Waals surface area contributed by atoms with Crippen molar-refractivity contribution in [3.8, 4) is 0 Å². The quantitative estimate of drug-likeness (QED) is 0.697. The maximum absolute atomic E-state index is 11.0. The summed E-state index contributed by atoms with van der Waals surface area (Å²) < 4.78 is 38.3. The van der Waals surface area contributed by atoms with Gasteiger partial charge in [0.25, 0.3) is 10.1 Å². The molecule has 2 aliphatic rings. The molecule has 0 radical (unpaired) electrons. The summed E-state index contributed by atoms with van der Waals surface area (Å²) in [5.41, 5.74) is 0. The van der Waals surface area contributed by atoms with Crippen LogP contribution in [0.15, 0.2) is 0 Å². The van der Waals surface area contributed by atoms with Crippen LogP contribution in [0.2, 0.25) is 0 Å². The smallest absolute Gasteiger partial charge is 0.264 e. The molecule has 100 valence electrons. The van der Waals surface area contributed by atoms with E-state index in [1.54, 1.807) is 0 Å². The molecule has 0 N–H and O–H groups in total. The van der Waals surface area contributed by atoms with Crippen LogP contribution in [-0.2, 0) is 23.8 Å². The molecule has 2 rings (SSSR count). The zero-order valence-electron chi connectivity index (χ0n) is 10.5. The lowest BCUT2D eigenvalue weighted by atomic mass is 9.98. The molecule has 6 heteroatoms. The molecule has 0 bridgehead atoms. The van der Waals surface area contributed by atoms with Crippen molar-refractivity contribution in [2.45, 2.75) is 38.6 Å². The molecule has 0 amide bonds. The first-order valence-electron chi connectivity index (χ1n) is 5.93. The van der Waals surface area contributed by atoms with Gasteiger partial charge in [-0.05, 0) is 32.6 Å². The van der Waals surface area contributed by atoms with Gasteiger partial charge in [-0.15, -0.1) is 0 Å². The molecule has 1 saturated carbocycles. The van der Waals surface area contributed by atoms with E-state index in [1.165, 1.54) is 0 Å². The van der Waals surface area contributed by atoms with E-state index in [9.17, 15) is 8.42 Å². The highest BCUT2D eigenvalue weighted by atomic mass is 32.2. The lowest BCUT2D eigenvalue weighted by Crippen LogP contribution is -2.31. The predicted octanol–water partition coefficient (Wildman–Crippen LogP) is 1.14. The molecule has 0 aromatic rings. The van der Waals surface area contributed by atoms with Crippen LogP contribution in [0.4, 0.5) is 0 Å². The van der Waals surface area contributed by atoms with Crippen LogP contribution in [0.1, 0.15) is 26.7 Å². The summed E-state index contributed by atoms with van der Waals surface area (Å²) in [5, 5.41) is 0. The van der Waals surface area contributed by atoms with E-state index in [2.05, 4.69) is 0 Å². The summed E-state index contributed by atoms with van der Waals surface area (Å²) in [4.78, 5) is 0. The molecule has 1 heterocycles. The Morgan fingerprint density at radius 1 is 1.41 bits per heavy atom. The van der Waals surface area contributed by atoms with E-state index in [-0.39, 0.29) is 18.6 Å². The van der Waals surface area contributed by atoms with Crippen molar-refractivity contribution in [3.63, 3.8) is 0 Å². The van der Waals surface area contributed by atoms with E-state index in [0.717, 1.165) is 19.1 Å². The fourth-order valence-electron chi connectivity index (χ4n) is 2.20. The van der Waals surface area contributed by atoms with Gasteiger partial charge in [-0.1, -0.05) is 0 Å². The van der Waals surface area contributed by atoms with Gasteiger partial charge in [0.1, 0.15) is 0 Å². The molecule has 0 aromatic carbocycles. The summed E-state index contributed by atoms with van der Waals surface area (Å²) in [6.07, 6.45) is 3.27. The van der Waals surface area contributed by atoms with Crippen molar-refractivity contribution in [1.82, 2.24) is 0 Å². The van der Waals surface area contributed by atoms with Crippen LogP contribution in [0.3, 0.4) is 0 Å². The minimum absolute atomic E-state index is 0.0563. The summed E-state index contributed by atoms with van der Waals surface area (Å²) in [5.74, 6) is 0.0638. The Morgan fingerprint density at radius 3 is 2.47 bits per heavy atom. The SMILES string of the molecule is CC1(C)OCC(C(COS(C)(=O)=O)C2CC2)O1. The van der Waals surface area contributed by atoms with Crippen LogP contribution < -0.4 is 0 Å². The highest BCUT2D eigenvalue weighted by molar-refractivity contribution is 7.85. The van der Waals surface area contributed by atoms with Gasteiger partial charge in [-0.3, -0.25) is 4.18 Å². The van der Waals surface area contributed by atoms with Crippen LogP contribution in [0.25, 0.3) is 0 Å². The highest BCUT2D eigenvalue weighted by Gasteiger charge is 2.44. The predicted molar refractivity (Wildman–Crippen MR) is 61.9 cm³/mol. The van der Waals surface area contributed by atoms with Crippen LogP contribution in [0, 0.1) is 11.8 Å². The van der Waals surface area contributed by atoms with Gasteiger partial charge >= 0.3 is 0 Å². The molecule has 1 aliphatic heterocycles. The zero-order valence-corrected chi connectivity index (χ0v) is 11.3. The number of hydrogen-bond donors (Lipinski definition) is 0.